The van der Waals surface area contributed by atoms with Gasteiger partial charge in [-0.3, -0.25) is 9.59 Å². The highest BCUT2D eigenvalue weighted by Gasteiger charge is 2.20. The first-order valence-electron chi connectivity index (χ1n) is 8.94. The summed E-state index contributed by atoms with van der Waals surface area (Å²) in [6, 6.07) is 9.42. The van der Waals surface area contributed by atoms with Crippen LogP contribution in [0.15, 0.2) is 41.0 Å². The number of rotatable bonds is 8. The molecular formula is C19H24N4O3. The molecule has 0 bridgehead atoms. The number of carbonyl (C=O) groups is 2. The Labute approximate surface area is 152 Å². The summed E-state index contributed by atoms with van der Waals surface area (Å²) in [6.45, 7) is 1.98. The van der Waals surface area contributed by atoms with E-state index in [0.29, 0.717) is 31.8 Å². The molecule has 138 valence electrons. The van der Waals surface area contributed by atoms with Crippen molar-refractivity contribution in [2.75, 3.05) is 19.6 Å². The van der Waals surface area contributed by atoms with Crippen LogP contribution in [0, 0.1) is 0 Å². The summed E-state index contributed by atoms with van der Waals surface area (Å²) in [5.41, 5.74) is 7.43. The quantitative estimate of drug-likeness (QED) is 0.701. The maximum atomic E-state index is 12.1. The third-order valence-corrected chi connectivity index (χ3v) is 4.43. The van der Waals surface area contributed by atoms with Crippen LogP contribution in [0.1, 0.15) is 47.2 Å². The number of carbonyl (C=O) groups excluding carboxylic acids is 2. The van der Waals surface area contributed by atoms with Gasteiger partial charge >= 0.3 is 0 Å². The van der Waals surface area contributed by atoms with Gasteiger partial charge in [-0.25, -0.2) is 4.98 Å². The van der Waals surface area contributed by atoms with Crippen LogP contribution >= 0.6 is 0 Å². The van der Waals surface area contributed by atoms with Crippen molar-refractivity contribution in [2.45, 2.75) is 31.7 Å². The van der Waals surface area contributed by atoms with Crippen LogP contribution in [0.4, 0.5) is 0 Å². The molecule has 1 aliphatic heterocycles. The highest BCUT2D eigenvalue weighted by molar-refractivity contribution is 5.91. The summed E-state index contributed by atoms with van der Waals surface area (Å²) in [6.07, 6.45) is 4.20. The van der Waals surface area contributed by atoms with Crippen molar-refractivity contribution < 1.29 is 14.0 Å². The largest absolute Gasteiger partial charge is 0.446 e. The van der Waals surface area contributed by atoms with Gasteiger partial charge in [-0.15, -0.1) is 0 Å². The first-order chi connectivity index (χ1) is 12.6. The zero-order valence-electron chi connectivity index (χ0n) is 14.7. The number of nitrogens with two attached hydrogens (primary N) is 1. The van der Waals surface area contributed by atoms with Crippen molar-refractivity contribution in [3.05, 3.63) is 53.7 Å². The lowest BCUT2D eigenvalue weighted by Crippen LogP contribution is -2.30. The van der Waals surface area contributed by atoms with Crippen LogP contribution in [-0.2, 0) is 11.2 Å². The molecule has 2 amide bonds. The molecule has 1 unspecified atom stereocenters. The Morgan fingerprint density at radius 3 is 2.88 bits per heavy atom. The molecule has 3 N–H and O–H groups in total. The number of amides is 2. The molecular weight excluding hydrogens is 332 g/mol. The predicted molar refractivity (Wildman–Crippen MR) is 96.3 cm³/mol. The molecule has 0 radical (unpaired) electrons. The third-order valence-electron chi connectivity index (χ3n) is 4.43. The number of hydrogen-bond donors (Lipinski definition) is 2. The number of benzene rings is 1. The van der Waals surface area contributed by atoms with Crippen LogP contribution in [0.2, 0.25) is 0 Å². The van der Waals surface area contributed by atoms with Gasteiger partial charge in [0.1, 0.15) is 6.26 Å². The molecule has 0 saturated carbocycles. The fourth-order valence-electron chi connectivity index (χ4n) is 3.02. The van der Waals surface area contributed by atoms with E-state index in [1.807, 2.05) is 35.2 Å². The molecule has 2 aromatic rings. The van der Waals surface area contributed by atoms with Crippen molar-refractivity contribution in [1.82, 2.24) is 15.2 Å². The minimum absolute atomic E-state index is 0.199. The smallest absolute Gasteiger partial charge is 0.273 e. The fourth-order valence-corrected chi connectivity index (χ4v) is 3.02. The van der Waals surface area contributed by atoms with Gasteiger partial charge in [-0.2, -0.15) is 0 Å². The van der Waals surface area contributed by atoms with E-state index in [1.54, 1.807) is 0 Å². The fraction of sp³-hybridized carbons (Fsp3) is 0.421. The van der Waals surface area contributed by atoms with Gasteiger partial charge in [0.2, 0.25) is 11.8 Å². The first kappa shape index (κ1) is 18.1. The SMILES string of the molecule is NC(Cc1ccccc1)c1nc(C(=O)NCCCN2CCCC2=O)co1. The molecule has 7 nitrogen and oxygen atoms in total. The van der Waals surface area contributed by atoms with E-state index in [1.165, 1.54) is 6.26 Å². The summed E-state index contributed by atoms with van der Waals surface area (Å²) < 4.78 is 5.37. The average Bonchev–Trinajstić information content (AvgIpc) is 3.29. The topological polar surface area (TPSA) is 101 Å². The lowest BCUT2D eigenvalue weighted by Gasteiger charge is -2.14. The maximum absolute atomic E-state index is 12.1. The van der Waals surface area contributed by atoms with Crippen molar-refractivity contribution in [3.8, 4) is 0 Å². The summed E-state index contributed by atoms with van der Waals surface area (Å²) in [5.74, 6) is 0.256. The van der Waals surface area contributed by atoms with Gasteiger partial charge < -0.3 is 20.4 Å². The van der Waals surface area contributed by atoms with E-state index in [4.69, 9.17) is 10.2 Å². The zero-order valence-corrected chi connectivity index (χ0v) is 14.7. The predicted octanol–water partition coefficient (Wildman–Crippen LogP) is 1.66. The zero-order chi connectivity index (χ0) is 18.4. The van der Waals surface area contributed by atoms with Crippen LogP contribution in [0.25, 0.3) is 0 Å². The molecule has 26 heavy (non-hydrogen) atoms. The van der Waals surface area contributed by atoms with Crippen LogP contribution < -0.4 is 11.1 Å². The molecule has 1 aromatic carbocycles. The molecule has 0 spiro atoms. The van der Waals surface area contributed by atoms with E-state index >= 15 is 0 Å². The number of oxazole rings is 1. The van der Waals surface area contributed by atoms with Gasteiger partial charge in [0.05, 0.1) is 6.04 Å². The Bertz CT molecular complexity index is 744. The van der Waals surface area contributed by atoms with E-state index in [9.17, 15) is 9.59 Å². The average molecular weight is 356 g/mol. The van der Waals surface area contributed by atoms with Crippen LogP contribution in [0.3, 0.4) is 0 Å². The van der Waals surface area contributed by atoms with Gasteiger partial charge in [0.15, 0.2) is 5.69 Å². The number of aromatic nitrogens is 1. The third kappa shape index (κ3) is 4.70. The lowest BCUT2D eigenvalue weighted by atomic mass is 10.1. The molecule has 1 atom stereocenters. The van der Waals surface area contributed by atoms with Gasteiger partial charge in [0, 0.05) is 26.1 Å². The monoisotopic (exact) mass is 356 g/mol. The molecule has 1 saturated heterocycles. The second-order valence-corrected chi connectivity index (χ2v) is 6.46. The second kappa shape index (κ2) is 8.62. The van der Waals surface area contributed by atoms with Crippen molar-refractivity contribution in [2.24, 2.45) is 5.73 Å². The normalized spacial score (nSPS) is 15.3. The summed E-state index contributed by atoms with van der Waals surface area (Å²) in [7, 11) is 0. The Hall–Kier alpha value is -2.67. The van der Waals surface area contributed by atoms with Crippen molar-refractivity contribution in [3.63, 3.8) is 0 Å². The van der Waals surface area contributed by atoms with Crippen molar-refractivity contribution in [1.29, 1.82) is 0 Å². The van der Waals surface area contributed by atoms with Gasteiger partial charge in [-0.1, -0.05) is 30.3 Å². The molecule has 7 heteroatoms. The first-order valence-corrected chi connectivity index (χ1v) is 8.94. The molecule has 3 rings (SSSR count). The van der Waals surface area contributed by atoms with Gasteiger partial charge in [0.25, 0.3) is 5.91 Å². The molecule has 0 aliphatic carbocycles. The Kier molecular flexibility index (Phi) is 6.01. The molecule has 1 aromatic heterocycles. The molecule has 1 aliphatic rings. The minimum atomic E-state index is -0.403. The minimum Gasteiger partial charge on any atom is -0.446 e. The van der Waals surface area contributed by atoms with E-state index in [2.05, 4.69) is 10.3 Å². The second-order valence-electron chi connectivity index (χ2n) is 6.46. The van der Waals surface area contributed by atoms with Crippen LogP contribution in [0.5, 0.6) is 0 Å². The molecule has 1 fully saturated rings. The number of nitrogens with one attached hydrogen (secondary N) is 1. The Morgan fingerprint density at radius 2 is 2.15 bits per heavy atom. The highest BCUT2D eigenvalue weighted by atomic mass is 16.3. The maximum Gasteiger partial charge on any atom is 0.273 e. The van der Waals surface area contributed by atoms with Crippen LogP contribution in [-0.4, -0.2) is 41.3 Å². The van der Waals surface area contributed by atoms with E-state index < -0.39 is 6.04 Å². The summed E-state index contributed by atoms with van der Waals surface area (Å²) in [4.78, 5) is 29.7. The number of hydrogen-bond acceptors (Lipinski definition) is 5. The lowest BCUT2D eigenvalue weighted by molar-refractivity contribution is -0.127. The summed E-state index contributed by atoms with van der Waals surface area (Å²) in [5, 5.41) is 2.80. The van der Waals surface area contributed by atoms with Gasteiger partial charge in [-0.05, 0) is 24.8 Å². The summed E-state index contributed by atoms with van der Waals surface area (Å²) >= 11 is 0. The standard InChI is InChI=1S/C19H24N4O3/c20-15(12-14-6-2-1-3-7-14)19-22-16(13-26-19)18(25)21-9-5-11-23-10-4-8-17(23)24/h1-3,6-7,13,15H,4-5,8-12,20H2,(H,21,25). The Balaban J connectivity index is 1.44. The van der Waals surface area contributed by atoms with E-state index in [0.717, 1.165) is 24.9 Å². The Morgan fingerprint density at radius 1 is 1.35 bits per heavy atom. The van der Waals surface area contributed by atoms with E-state index in [-0.39, 0.29) is 17.5 Å². The highest BCUT2D eigenvalue weighted by Crippen LogP contribution is 2.15. The van der Waals surface area contributed by atoms with Crippen molar-refractivity contribution >= 4 is 11.8 Å². The number of nitrogens with zero attached hydrogens (tertiary/aromatic N) is 2. The molecule has 2 heterocycles. The number of likely N-dealkylation sites (tertiary alicyclic amines) is 1.